The Morgan fingerprint density at radius 2 is 2.11 bits per heavy atom. The fourth-order valence-electron chi connectivity index (χ4n) is 4.99. The summed E-state index contributed by atoms with van der Waals surface area (Å²) in [6, 6.07) is 1.63. The number of carbonyl (C=O) groups is 1. The molecule has 188 valence electrons. The van der Waals surface area contributed by atoms with Gasteiger partial charge in [0.1, 0.15) is 17.7 Å². The van der Waals surface area contributed by atoms with Crippen molar-refractivity contribution in [1.82, 2.24) is 25.8 Å². The van der Waals surface area contributed by atoms with Crippen molar-refractivity contribution in [2.24, 2.45) is 15.9 Å². The summed E-state index contributed by atoms with van der Waals surface area (Å²) in [7, 11) is 0. The molecular weight excluding hydrogens is 445 g/mol. The van der Waals surface area contributed by atoms with Gasteiger partial charge in [0.05, 0.1) is 18.4 Å². The summed E-state index contributed by atoms with van der Waals surface area (Å²) in [5.41, 5.74) is 2.78. The number of rotatable bonds is 8. The molecule has 4 rings (SSSR count). The Morgan fingerprint density at radius 1 is 1.31 bits per heavy atom. The number of amidine groups is 1. The third-order valence-electron chi connectivity index (χ3n) is 6.91. The van der Waals surface area contributed by atoms with E-state index in [4.69, 9.17) is 4.99 Å². The molecule has 8 nitrogen and oxygen atoms in total. The summed E-state index contributed by atoms with van der Waals surface area (Å²) in [5, 5.41) is 10.3. The highest BCUT2D eigenvalue weighted by molar-refractivity contribution is 6.03. The van der Waals surface area contributed by atoms with E-state index >= 15 is 0 Å². The minimum atomic E-state index is -0.429. The zero-order valence-corrected chi connectivity index (χ0v) is 20.7. The number of halogens is 1. The maximum absolute atomic E-state index is 14.1. The molecule has 3 aliphatic rings. The molecule has 4 heterocycles. The third kappa shape index (κ3) is 5.96. The van der Waals surface area contributed by atoms with Crippen molar-refractivity contribution in [1.29, 1.82) is 0 Å². The molecule has 2 saturated heterocycles. The highest BCUT2D eigenvalue weighted by Gasteiger charge is 2.37. The van der Waals surface area contributed by atoms with Gasteiger partial charge < -0.3 is 20.9 Å². The van der Waals surface area contributed by atoms with Crippen LogP contribution in [0.15, 0.2) is 51.6 Å². The summed E-state index contributed by atoms with van der Waals surface area (Å²) >= 11 is 0. The second-order valence-electron chi connectivity index (χ2n) is 9.52. The first-order valence-corrected chi connectivity index (χ1v) is 12.5. The lowest BCUT2D eigenvalue weighted by molar-refractivity contribution is -0.116. The van der Waals surface area contributed by atoms with Gasteiger partial charge in [-0.25, -0.2) is 4.39 Å². The molecule has 2 unspecified atom stereocenters. The summed E-state index contributed by atoms with van der Waals surface area (Å²) < 4.78 is 14.1. The number of Topliss-reactive ketones (excluding diaryl/α,β-unsaturated/α-hetero) is 1. The molecule has 0 aliphatic carbocycles. The van der Waals surface area contributed by atoms with Gasteiger partial charge in [-0.1, -0.05) is 6.92 Å². The molecule has 0 radical (unpaired) electrons. The van der Waals surface area contributed by atoms with E-state index in [1.54, 1.807) is 6.20 Å². The van der Waals surface area contributed by atoms with Crippen LogP contribution in [0.2, 0.25) is 0 Å². The Labute approximate surface area is 206 Å². The SMILES string of the molecule is C=N/C(C)=C1/NC(c2cncc(F)c2)N(CC2=CNC(CC3CCNCC3)CC2=O)C1=NCCC. The number of hydrogen-bond acceptors (Lipinski definition) is 7. The van der Waals surface area contributed by atoms with Gasteiger partial charge in [0.2, 0.25) is 0 Å². The molecule has 0 saturated carbocycles. The van der Waals surface area contributed by atoms with Crippen LogP contribution in [-0.2, 0) is 4.79 Å². The normalized spacial score (nSPS) is 25.8. The second-order valence-corrected chi connectivity index (χ2v) is 9.52. The second kappa shape index (κ2) is 11.6. The number of nitrogens with one attached hydrogen (secondary N) is 3. The average Bonchev–Trinajstić information content (AvgIpc) is 3.22. The number of hydrogen-bond donors (Lipinski definition) is 3. The molecule has 0 amide bonds. The number of aliphatic imine (C=N–C) groups is 2. The molecular formula is C26H36FN7O. The molecule has 0 aromatic carbocycles. The molecule has 9 heteroatoms. The first-order valence-electron chi connectivity index (χ1n) is 12.5. The Balaban J connectivity index is 1.59. The third-order valence-corrected chi connectivity index (χ3v) is 6.91. The van der Waals surface area contributed by atoms with Crippen molar-refractivity contribution in [2.75, 3.05) is 26.2 Å². The van der Waals surface area contributed by atoms with Crippen LogP contribution in [0.25, 0.3) is 0 Å². The molecule has 3 N–H and O–H groups in total. The average molecular weight is 482 g/mol. The van der Waals surface area contributed by atoms with E-state index in [1.165, 1.54) is 12.3 Å². The largest absolute Gasteiger partial charge is 0.387 e. The van der Waals surface area contributed by atoms with E-state index in [1.807, 2.05) is 18.0 Å². The van der Waals surface area contributed by atoms with Crippen LogP contribution in [0, 0.1) is 11.7 Å². The van der Waals surface area contributed by atoms with Crippen molar-refractivity contribution in [3.8, 4) is 0 Å². The van der Waals surface area contributed by atoms with Gasteiger partial charge in [0.25, 0.3) is 0 Å². The molecule has 0 bridgehead atoms. The Morgan fingerprint density at radius 3 is 2.80 bits per heavy atom. The van der Waals surface area contributed by atoms with E-state index in [2.05, 4.69) is 39.6 Å². The van der Waals surface area contributed by atoms with Crippen molar-refractivity contribution in [3.63, 3.8) is 0 Å². The van der Waals surface area contributed by atoms with Crippen LogP contribution in [0.5, 0.6) is 0 Å². The lowest BCUT2D eigenvalue weighted by Crippen LogP contribution is -2.40. The molecule has 3 aliphatic heterocycles. The zero-order chi connectivity index (χ0) is 24.8. The predicted octanol–water partition coefficient (Wildman–Crippen LogP) is 3.07. The van der Waals surface area contributed by atoms with Crippen molar-refractivity contribution in [2.45, 2.75) is 58.2 Å². The number of aromatic nitrogens is 1. The lowest BCUT2D eigenvalue weighted by atomic mass is 9.87. The molecule has 0 spiro atoms. The van der Waals surface area contributed by atoms with Crippen LogP contribution in [0.1, 0.15) is 57.7 Å². The smallest absolute Gasteiger partial charge is 0.164 e. The van der Waals surface area contributed by atoms with Gasteiger partial charge in [-0.15, -0.1) is 0 Å². The van der Waals surface area contributed by atoms with E-state index in [0.29, 0.717) is 48.1 Å². The summed E-state index contributed by atoms with van der Waals surface area (Å²) in [6.07, 6.45) is 8.96. The van der Waals surface area contributed by atoms with Gasteiger partial charge in [0, 0.05) is 42.5 Å². The minimum absolute atomic E-state index is 0.143. The van der Waals surface area contributed by atoms with Gasteiger partial charge in [0.15, 0.2) is 11.6 Å². The number of nitrogens with zero attached hydrogens (tertiary/aromatic N) is 4. The van der Waals surface area contributed by atoms with Crippen LogP contribution in [-0.4, -0.2) is 60.4 Å². The quantitative estimate of drug-likeness (QED) is 0.494. The van der Waals surface area contributed by atoms with E-state index in [0.717, 1.165) is 44.5 Å². The van der Waals surface area contributed by atoms with E-state index < -0.39 is 12.0 Å². The molecule has 1 aromatic heterocycles. The zero-order valence-electron chi connectivity index (χ0n) is 20.7. The standard InChI is InChI=1S/C26H36FN7O/c1-4-7-31-26-24(17(2)28-3)33-25(19-11-21(27)15-30-13-19)34(26)16-20-14-32-22(12-23(20)35)10-18-5-8-29-9-6-18/h11,13-15,18,22,25,29,32-33H,3-10,12,16H2,1-2H3/b24-17+,31-26?. The molecule has 1 aromatic rings. The van der Waals surface area contributed by atoms with Gasteiger partial charge >= 0.3 is 0 Å². The van der Waals surface area contributed by atoms with Gasteiger partial charge in [-0.3, -0.25) is 19.8 Å². The summed E-state index contributed by atoms with van der Waals surface area (Å²) in [6.45, 7) is 10.7. The number of carbonyl (C=O) groups excluding carboxylic acids is 1. The monoisotopic (exact) mass is 481 g/mol. The van der Waals surface area contributed by atoms with E-state index in [-0.39, 0.29) is 11.8 Å². The molecule has 35 heavy (non-hydrogen) atoms. The van der Waals surface area contributed by atoms with Crippen LogP contribution < -0.4 is 16.0 Å². The fraction of sp³-hybridized carbons (Fsp3) is 0.538. The van der Waals surface area contributed by atoms with Crippen molar-refractivity contribution < 1.29 is 9.18 Å². The highest BCUT2D eigenvalue weighted by atomic mass is 19.1. The van der Waals surface area contributed by atoms with Crippen LogP contribution in [0.4, 0.5) is 4.39 Å². The first kappa shape index (κ1) is 25.0. The van der Waals surface area contributed by atoms with Crippen LogP contribution in [0.3, 0.4) is 0 Å². The van der Waals surface area contributed by atoms with Crippen molar-refractivity contribution in [3.05, 3.63) is 53.0 Å². The summed E-state index contributed by atoms with van der Waals surface area (Å²) in [4.78, 5) is 28.2. The topological polar surface area (TPSA) is 94.0 Å². The Bertz CT molecular complexity index is 1030. The Kier molecular flexibility index (Phi) is 8.28. The predicted molar refractivity (Wildman–Crippen MR) is 136 cm³/mol. The number of allylic oxidation sites excluding steroid dienone is 1. The van der Waals surface area contributed by atoms with Crippen LogP contribution >= 0.6 is 0 Å². The van der Waals surface area contributed by atoms with Gasteiger partial charge in [-0.05, 0) is 64.4 Å². The minimum Gasteiger partial charge on any atom is -0.387 e. The Hall–Kier alpha value is -3.07. The van der Waals surface area contributed by atoms with Crippen molar-refractivity contribution >= 4 is 18.3 Å². The summed E-state index contributed by atoms with van der Waals surface area (Å²) in [5.74, 6) is 1.09. The number of piperidine rings is 1. The maximum Gasteiger partial charge on any atom is 0.164 e. The first-order chi connectivity index (χ1) is 17.0. The van der Waals surface area contributed by atoms with Gasteiger partial charge in [-0.2, -0.15) is 0 Å². The molecule has 2 atom stereocenters. The highest BCUT2D eigenvalue weighted by Crippen LogP contribution is 2.32. The fourth-order valence-corrected chi connectivity index (χ4v) is 4.99. The molecule has 2 fully saturated rings. The maximum atomic E-state index is 14.1. The number of pyridine rings is 1. The van der Waals surface area contributed by atoms with E-state index in [9.17, 15) is 9.18 Å². The lowest BCUT2D eigenvalue weighted by Gasteiger charge is -2.31. The number of ketones is 1.